The number of carbonyl (C=O) groups excluding carboxylic acids is 3. The summed E-state index contributed by atoms with van der Waals surface area (Å²) in [4.78, 5) is 38.4. The monoisotopic (exact) mass is 1050 g/mol. The Hall–Kier alpha value is -2.37. The van der Waals surface area contributed by atoms with Crippen LogP contribution in [0.25, 0.3) is 0 Å². The highest BCUT2D eigenvalue weighted by molar-refractivity contribution is 5.71. The largest absolute Gasteiger partial charge is 0.462 e. The molecule has 6 nitrogen and oxygen atoms in total. The van der Waals surface area contributed by atoms with E-state index >= 15 is 0 Å². The van der Waals surface area contributed by atoms with Crippen molar-refractivity contribution in [1.29, 1.82) is 0 Å². The second kappa shape index (κ2) is 64.2. The van der Waals surface area contributed by atoms with E-state index < -0.39 is 6.10 Å². The zero-order valence-electron chi connectivity index (χ0n) is 50.6. The molecule has 0 amide bonds. The van der Waals surface area contributed by atoms with Gasteiger partial charge in [0.15, 0.2) is 6.10 Å². The molecule has 0 aliphatic heterocycles. The lowest BCUT2D eigenvalue weighted by Gasteiger charge is -2.18. The molecule has 0 heterocycles. The fourth-order valence-electron chi connectivity index (χ4n) is 10.1. The van der Waals surface area contributed by atoms with E-state index in [1.165, 1.54) is 263 Å². The van der Waals surface area contributed by atoms with Crippen LogP contribution < -0.4 is 0 Å². The third-order valence-corrected chi connectivity index (χ3v) is 15.1. The van der Waals surface area contributed by atoms with Crippen LogP contribution in [0.5, 0.6) is 0 Å². The Bertz CT molecular complexity index is 1250. The maximum atomic E-state index is 12.9. The summed E-state index contributed by atoms with van der Waals surface area (Å²) in [5, 5.41) is 0. The molecule has 0 aromatic carbocycles. The molecule has 0 saturated carbocycles. The normalized spacial score (nSPS) is 12.2. The number of rotatable bonds is 62. The molecule has 1 atom stereocenters. The van der Waals surface area contributed by atoms with E-state index in [0.717, 1.165) is 64.2 Å². The van der Waals surface area contributed by atoms with Gasteiger partial charge in [0.1, 0.15) is 13.2 Å². The number of unbranched alkanes of at least 4 members (excludes halogenated alkanes) is 45. The van der Waals surface area contributed by atoms with E-state index in [0.29, 0.717) is 19.3 Å². The van der Waals surface area contributed by atoms with Gasteiger partial charge in [-0.15, -0.1) is 0 Å². The molecule has 0 rings (SSSR count). The molecule has 0 aliphatic rings. The molecule has 75 heavy (non-hydrogen) atoms. The number of hydrogen-bond acceptors (Lipinski definition) is 6. The van der Waals surface area contributed by atoms with Crippen molar-refractivity contribution in [2.24, 2.45) is 0 Å². The van der Waals surface area contributed by atoms with Crippen molar-refractivity contribution in [3.63, 3.8) is 0 Å². The van der Waals surface area contributed by atoms with Gasteiger partial charge in [-0.05, 0) is 77.0 Å². The van der Waals surface area contributed by atoms with Gasteiger partial charge in [0.05, 0.1) is 0 Å². The number of hydrogen-bond donors (Lipinski definition) is 0. The number of carbonyl (C=O) groups is 3. The van der Waals surface area contributed by atoms with E-state index in [2.05, 4.69) is 57.2 Å². The highest BCUT2D eigenvalue weighted by Crippen LogP contribution is 2.18. The van der Waals surface area contributed by atoms with Crippen molar-refractivity contribution in [3.8, 4) is 0 Å². The van der Waals surface area contributed by atoms with Crippen molar-refractivity contribution < 1.29 is 28.6 Å². The van der Waals surface area contributed by atoms with Crippen molar-refractivity contribution in [2.45, 2.75) is 374 Å². The average molecular weight is 1050 g/mol. The lowest BCUT2D eigenvalue weighted by atomic mass is 10.0. The predicted octanol–water partition coefficient (Wildman–Crippen LogP) is 22.8. The van der Waals surface area contributed by atoms with Crippen molar-refractivity contribution in [2.75, 3.05) is 13.2 Å². The summed E-state index contributed by atoms with van der Waals surface area (Å²) < 4.78 is 17.0. The van der Waals surface area contributed by atoms with Crippen molar-refractivity contribution in [1.82, 2.24) is 0 Å². The van der Waals surface area contributed by atoms with Crippen LogP contribution >= 0.6 is 0 Å². The molecule has 0 aliphatic carbocycles. The van der Waals surface area contributed by atoms with Gasteiger partial charge in [-0.2, -0.15) is 0 Å². The lowest BCUT2D eigenvalue weighted by Crippen LogP contribution is -2.30. The second-order valence-electron chi connectivity index (χ2n) is 22.7. The van der Waals surface area contributed by atoms with Crippen molar-refractivity contribution >= 4 is 17.9 Å². The maximum absolute atomic E-state index is 12.9. The molecule has 0 saturated heterocycles. The predicted molar refractivity (Wildman–Crippen MR) is 326 cm³/mol. The minimum Gasteiger partial charge on any atom is -0.462 e. The Morgan fingerprint density at radius 3 is 0.773 bits per heavy atom. The summed E-state index contributed by atoms with van der Waals surface area (Å²) in [6.07, 6.45) is 78.6. The first-order valence-electron chi connectivity index (χ1n) is 33.5. The minimum absolute atomic E-state index is 0.0694. The third kappa shape index (κ3) is 62.4. The summed E-state index contributed by atoms with van der Waals surface area (Å²) >= 11 is 0. The Labute approximate surface area is 467 Å². The Morgan fingerprint density at radius 2 is 0.480 bits per heavy atom. The molecular weight excluding hydrogens is 925 g/mol. The fraction of sp³-hybridized carbons (Fsp3) is 0.870. The van der Waals surface area contributed by atoms with E-state index in [4.69, 9.17) is 14.2 Å². The summed E-state index contributed by atoms with van der Waals surface area (Å²) in [6.45, 7) is 6.68. The quantitative estimate of drug-likeness (QED) is 0.0261. The summed E-state index contributed by atoms with van der Waals surface area (Å²) in [6, 6.07) is 0. The highest BCUT2D eigenvalue weighted by Gasteiger charge is 2.19. The topological polar surface area (TPSA) is 78.9 Å². The Morgan fingerprint density at radius 1 is 0.267 bits per heavy atom. The van der Waals surface area contributed by atoms with Crippen LogP contribution in [0.15, 0.2) is 36.5 Å². The highest BCUT2D eigenvalue weighted by atomic mass is 16.6. The van der Waals surface area contributed by atoms with Crippen molar-refractivity contribution in [3.05, 3.63) is 36.5 Å². The van der Waals surface area contributed by atoms with Crippen LogP contribution in [0.2, 0.25) is 0 Å². The molecule has 0 unspecified atom stereocenters. The van der Waals surface area contributed by atoms with E-state index in [1.54, 1.807) is 0 Å². The molecule has 6 heteroatoms. The van der Waals surface area contributed by atoms with Gasteiger partial charge >= 0.3 is 17.9 Å². The summed E-state index contributed by atoms with van der Waals surface area (Å²) in [7, 11) is 0. The Balaban J connectivity index is 4.33. The molecule has 0 radical (unpaired) electrons. The molecule has 0 aromatic rings. The summed E-state index contributed by atoms with van der Waals surface area (Å²) in [5.41, 5.74) is 0. The minimum atomic E-state index is -0.774. The van der Waals surface area contributed by atoms with Gasteiger partial charge < -0.3 is 14.2 Å². The zero-order valence-corrected chi connectivity index (χ0v) is 50.6. The molecule has 440 valence electrons. The van der Waals surface area contributed by atoms with E-state index in [9.17, 15) is 14.4 Å². The SMILES string of the molecule is CCCCC/C=C\C/C=C\CCCCCCCCCCCC(=O)OC[C@@H](COC(=O)CCCCCCCCCCCCCCCCCCCCC)OC(=O)CCCCCCCCCCC/C=C\CCCCCCCC. The van der Waals surface area contributed by atoms with E-state index in [-0.39, 0.29) is 31.1 Å². The van der Waals surface area contributed by atoms with Gasteiger partial charge in [-0.1, -0.05) is 308 Å². The standard InChI is InChI=1S/C69H128O6/c1-4-7-10-13-16-19-22-25-28-31-34-37-40-43-46-49-52-55-58-61-67(70)73-64-66(75-69(72)63-60-57-54-51-48-45-42-39-36-33-30-27-24-21-18-15-12-9-6-3)65-74-68(71)62-59-56-53-50-47-44-41-38-35-32-29-26-23-20-17-14-11-8-5-2/h16,19,25,27-28,30,66H,4-15,17-18,20-24,26,29,31-65H2,1-3H3/b19-16-,28-25-,30-27-/t66-/m0/s1. The zero-order chi connectivity index (χ0) is 54.3. The lowest BCUT2D eigenvalue weighted by molar-refractivity contribution is -0.167. The molecule has 0 aromatic heterocycles. The first kappa shape index (κ1) is 72.6. The first-order valence-corrected chi connectivity index (χ1v) is 33.5. The average Bonchev–Trinajstić information content (AvgIpc) is 3.41. The Kier molecular flexibility index (Phi) is 62.1. The second-order valence-corrected chi connectivity index (χ2v) is 22.7. The maximum Gasteiger partial charge on any atom is 0.306 e. The van der Waals surface area contributed by atoms with Crippen LogP contribution in [0.3, 0.4) is 0 Å². The molecule has 0 N–H and O–H groups in total. The van der Waals surface area contributed by atoms with Gasteiger partial charge in [-0.3, -0.25) is 14.4 Å². The van der Waals surface area contributed by atoms with E-state index in [1.807, 2.05) is 0 Å². The smallest absolute Gasteiger partial charge is 0.306 e. The van der Waals surface area contributed by atoms with Crippen LogP contribution in [-0.4, -0.2) is 37.2 Å². The van der Waals surface area contributed by atoms with Crippen LogP contribution in [-0.2, 0) is 28.6 Å². The van der Waals surface area contributed by atoms with Gasteiger partial charge in [0.2, 0.25) is 0 Å². The molecule has 0 bridgehead atoms. The molecular formula is C69H128O6. The van der Waals surface area contributed by atoms with Crippen LogP contribution in [0.4, 0.5) is 0 Å². The van der Waals surface area contributed by atoms with Gasteiger partial charge in [0.25, 0.3) is 0 Å². The summed E-state index contributed by atoms with van der Waals surface area (Å²) in [5.74, 6) is -0.849. The van der Waals surface area contributed by atoms with Crippen LogP contribution in [0.1, 0.15) is 367 Å². The molecule has 0 fully saturated rings. The number of esters is 3. The number of allylic oxidation sites excluding steroid dienone is 6. The first-order chi connectivity index (χ1) is 37.0. The van der Waals surface area contributed by atoms with Gasteiger partial charge in [0, 0.05) is 19.3 Å². The van der Waals surface area contributed by atoms with Gasteiger partial charge in [-0.25, -0.2) is 0 Å². The van der Waals surface area contributed by atoms with Crippen LogP contribution in [0, 0.1) is 0 Å². The number of ether oxygens (including phenoxy) is 3. The third-order valence-electron chi connectivity index (χ3n) is 15.1. The fourth-order valence-corrected chi connectivity index (χ4v) is 10.1. The molecule has 0 spiro atoms.